The Morgan fingerprint density at radius 2 is 1.65 bits per heavy atom. The van der Waals surface area contributed by atoms with Crippen molar-refractivity contribution in [2.24, 2.45) is 0 Å². The van der Waals surface area contributed by atoms with Gasteiger partial charge in [0.05, 0.1) is 19.8 Å². The maximum absolute atomic E-state index is 12.9. The number of piperazine rings is 1. The molecule has 3 aromatic rings. The summed E-state index contributed by atoms with van der Waals surface area (Å²) in [5, 5.41) is 5.98. The van der Waals surface area contributed by atoms with Crippen molar-refractivity contribution in [2.45, 2.75) is 6.42 Å². The molecule has 3 heterocycles. The Labute approximate surface area is 198 Å². The highest BCUT2D eigenvalue weighted by atomic mass is 16.5. The number of nitrogens with zero attached hydrogens (tertiary/aromatic N) is 3. The summed E-state index contributed by atoms with van der Waals surface area (Å²) in [6.07, 6.45) is 0.735. The first-order valence-corrected chi connectivity index (χ1v) is 12.3. The lowest BCUT2D eigenvalue weighted by atomic mass is 10.1. The third kappa shape index (κ3) is 4.11. The summed E-state index contributed by atoms with van der Waals surface area (Å²) in [7, 11) is 0. The molecule has 2 aliphatic heterocycles. The van der Waals surface area contributed by atoms with Gasteiger partial charge < -0.3 is 15.0 Å². The van der Waals surface area contributed by atoms with Crippen LogP contribution in [-0.2, 0) is 16.0 Å². The Kier molecular flexibility index (Phi) is 5.82. The molecular weight excluding hydrogens is 430 g/mol. The number of hydrogen-bond acceptors (Lipinski definition) is 6. The predicted molar refractivity (Wildman–Crippen MR) is 134 cm³/mol. The summed E-state index contributed by atoms with van der Waals surface area (Å²) in [6, 6.07) is 9.71. The second-order valence-corrected chi connectivity index (χ2v) is 9.60. The Bertz CT molecular complexity index is 1290. The summed E-state index contributed by atoms with van der Waals surface area (Å²) in [5.41, 5.74) is 3.88. The van der Waals surface area contributed by atoms with Gasteiger partial charge in [-0.2, -0.15) is 0 Å². The molecule has 8 heteroatoms. The number of rotatable bonds is 6. The molecule has 34 heavy (non-hydrogen) atoms. The second-order valence-electron chi connectivity index (χ2n) is 9.60. The number of amides is 1. The summed E-state index contributed by atoms with van der Waals surface area (Å²) in [4.78, 5) is 35.6. The molecule has 2 aromatic carbocycles. The van der Waals surface area contributed by atoms with Crippen LogP contribution in [0.1, 0.15) is 11.1 Å². The molecule has 2 saturated heterocycles. The maximum atomic E-state index is 12.9. The van der Waals surface area contributed by atoms with Crippen molar-refractivity contribution in [3.05, 3.63) is 51.8 Å². The Hall–Kier alpha value is -2.78. The molecule has 1 amide bonds. The topological polar surface area (TPSA) is 80.9 Å². The fourth-order valence-electron chi connectivity index (χ4n) is 5.62. The van der Waals surface area contributed by atoms with Crippen LogP contribution in [0.15, 0.2) is 35.1 Å². The predicted octanol–water partition coefficient (Wildman–Crippen LogP) is 1.47. The monoisotopic (exact) mass is 461 g/mol. The van der Waals surface area contributed by atoms with E-state index in [1.165, 1.54) is 0 Å². The molecule has 1 aliphatic carbocycles. The van der Waals surface area contributed by atoms with Crippen molar-refractivity contribution in [2.75, 3.05) is 77.4 Å². The molecule has 2 N–H and O–H groups in total. The number of benzene rings is 2. The fraction of sp³-hybridized carbons (Fsp3) is 0.462. The largest absolute Gasteiger partial charge is 0.379 e. The van der Waals surface area contributed by atoms with Crippen LogP contribution in [0.2, 0.25) is 0 Å². The highest BCUT2D eigenvalue weighted by Gasteiger charge is 2.24. The third-order valence-electron chi connectivity index (χ3n) is 7.52. The zero-order chi connectivity index (χ0) is 23.1. The minimum absolute atomic E-state index is 0.0222. The highest BCUT2D eigenvalue weighted by Crippen LogP contribution is 2.39. The van der Waals surface area contributed by atoms with Crippen LogP contribution in [0, 0.1) is 0 Å². The van der Waals surface area contributed by atoms with Crippen molar-refractivity contribution in [1.29, 1.82) is 0 Å². The van der Waals surface area contributed by atoms with E-state index in [1.54, 1.807) is 0 Å². The normalized spacial score (nSPS) is 19.4. The van der Waals surface area contributed by atoms with Crippen LogP contribution in [0.4, 0.5) is 5.69 Å². The second kappa shape index (κ2) is 9.11. The Morgan fingerprint density at radius 1 is 0.912 bits per heavy atom. The van der Waals surface area contributed by atoms with Crippen molar-refractivity contribution in [3.63, 3.8) is 0 Å². The molecule has 178 valence electrons. The zero-order valence-electron chi connectivity index (χ0n) is 19.4. The van der Waals surface area contributed by atoms with E-state index >= 15 is 0 Å². The van der Waals surface area contributed by atoms with E-state index < -0.39 is 0 Å². The first-order chi connectivity index (χ1) is 16.7. The number of carbonyl (C=O) groups is 1. The molecule has 0 atom stereocenters. The minimum Gasteiger partial charge on any atom is -0.379 e. The molecule has 6 rings (SSSR count). The number of anilines is 1. The van der Waals surface area contributed by atoms with Gasteiger partial charge in [-0.15, -0.1) is 0 Å². The molecule has 3 aliphatic rings. The van der Waals surface area contributed by atoms with Crippen molar-refractivity contribution < 1.29 is 9.53 Å². The van der Waals surface area contributed by atoms with Gasteiger partial charge in [0.2, 0.25) is 5.91 Å². The van der Waals surface area contributed by atoms with E-state index in [9.17, 15) is 9.59 Å². The minimum atomic E-state index is -0.0573. The number of carbonyl (C=O) groups excluding carboxylic acids is 1. The first kappa shape index (κ1) is 21.7. The molecule has 0 unspecified atom stereocenters. The van der Waals surface area contributed by atoms with Crippen LogP contribution >= 0.6 is 0 Å². The van der Waals surface area contributed by atoms with Crippen LogP contribution in [0.3, 0.4) is 0 Å². The Balaban J connectivity index is 1.07. The van der Waals surface area contributed by atoms with Gasteiger partial charge in [-0.25, -0.2) is 0 Å². The molecule has 0 radical (unpaired) electrons. The van der Waals surface area contributed by atoms with Crippen molar-refractivity contribution in [1.82, 2.24) is 19.7 Å². The van der Waals surface area contributed by atoms with Crippen LogP contribution < -0.4 is 10.9 Å². The highest BCUT2D eigenvalue weighted by molar-refractivity contribution is 6.14. The standard InChI is InChI=1S/C26H31N5O3/c32-23(17-31-10-8-29(9-11-31)6-7-30-12-14-34-15-13-30)27-21-4-5-22-25-20(21)16-18-2-1-3-19(24(18)25)26(33)28-22/h1-5H,6-17H2,(H,27,32)(H,28,33). The van der Waals surface area contributed by atoms with E-state index in [1.807, 2.05) is 24.3 Å². The average molecular weight is 462 g/mol. The molecular formula is C26H31N5O3. The van der Waals surface area contributed by atoms with Gasteiger partial charge in [0, 0.05) is 86.1 Å². The first-order valence-electron chi connectivity index (χ1n) is 12.3. The van der Waals surface area contributed by atoms with Gasteiger partial charge in [0.15, 0.2) is 0 Å². The molecule has 0 bridgehead atoms. The summed E-state index contributed by atoms with van der Waals surface area (Å²) in [6.45, 7) is 10.2. The van der Waals surface area contributed by atoms with Crippen LogP contribution in [0.5, 0.6) is 0 Å². The van der Waals surface area contributed by atoms with E-state index in [0.717, 1.165) is 110 Å². The summed E-state index contributed by atoms with van der Waals surface area (Å²) < 4.78 is 5.43. The average Bonchev–Trinajstić information content (AvgIpc) is 3.26. The van der Waals surface area contributed by atoms with Crippen LogP contribution in [0.25, 0.3) is 21.7 Å². The number of aromatic amines is 1. The molecule has 0 spiro atoms. The quantitative estimate of drug-likeness (QED) is 0.424. The maximum Gasteiger partial charge on any atom is 0.256 e. The number of pyridine rings is 1. The molecule has 1 aromatic heterocycles. The number of morpholine rings is 1. The molecule has 2 fully saturated rings. The number of nitrogens with one attached hydrogen (secondary N) is 2. The van der Waals surface area contributed by atoms with E-state index in [2.05, 4.69) is 31.1 Å². The Morgan fingerprint density at radius 3 is 2.44 bits per heavy atom. The van der Waals surface area contributed by atoms with E-state index in [0.29, 0.717) is 6.54 Å². The van der Waals surface area contributed by atoms with Crippen LogP contribution in [-0.4, -0.2) is 97.7 Å². The van der Waals surface area contributed by atoms with Crippen molar-refractivity contribution >= 4 is 33.3 Å². The van der Waals surface area contributed by atoms with Gasteiger partial charge in [-0.05, 0) is 29.3 Å². The lowest BCUT2D eigenvalue weighted by molar-refractivity contribution is -0.117. The summed E-state index contributed by atoms with van der Waals surface area (Å²) >= 11 is 0. The molecule has 0 saturated carbocycles. The van der Waals surface area contributed by atoms with Crippen molar-refractivity contribution in [3.8, 4) is 0 Å². The SMILES string of the molecule is O=C(CN1CCN(CCN2CCOCC2)CC1)Nc1ccc2[nH]c(=O)c3cccc4c3c2c1C4. The number of ether oxygens (including phenoxy) is 1. The number of H-pyrrole nitrogens is 1. The van der Waals surface area contributed by atoms with Gasteiger partial charge in [0.25, 0.3) is 5.56 Å². The van der Waals surface area contributed by atoms with Gasteiger partial charge in [0.1, 0.15) is 0 Å². The zero-order valence-corrected chi connectivity index (χ0v) is 19.4. The fourth-order valence-corrected chi connectivity index (χ4v) is 5.62. The summed E-state index contributed by atoms with van der Waals surface area (Å²) in [5.74, 6) is 0.0222. The van der Waals surface area contributed by atoms with E-state index in [4.69, 9.17) is 4.74 Å². The lowest BCUT2D eigenvalue weighted by Gasteiger charge is -2.36. The van der Waals surface area contributed by atoms with Gasteiger partial charge in [-0.1, -0.05) is 12.1 Å². The smallest absolute Gasteiger partial charge is 0.256 e. The third-order valence-corrected chi connectivity index (χ3v) is 7.52. The van der Waals surface area contributed by atoms with E-state index in [-0.39, 0.29) is 11.5 Å². The molecule has 8 nitrogen and oxygen atoms in total. The number of aromatic nitrogens is 1. The lowest BCUT2D eigenvalue weighted by Crippen LogP contribution is -2.50. The van der Waals surface area contributed by atoms with Gasteiger partial charge in [-0.3, -0.25) is 24.3 Å². The number of hydrogen-bond donors (Lipinski definition) is 2. The van der Waals surface area contributed by atoms with Gasteiger partial charge >= 0.3 is 0 Å².